The summed E-state index contributed by atoms with van der Waals surface area (Å²) in [6.45, 7) is 3.67. The fourth-order valence-corrected chi connectivity index (χ4v) is 2.27. The zero-order valence-corrected chi connectivity index (χ0v) is 12.4. The minimum Gasteiger partial charge on any atom is -0.495 e. The molecule has 1 aromatic rings. The largest absolute Gasteiger partial charge is 0.495 e. The maximum absolute atomic E-state index is 12.3. The van der Waals surface area contributed by atoms with Crippen LogP contribution >= 0.6 is 0 Å². The molecule has 1 aliphatic rings. The van der Waals surface area contributed by atoms with Crippen LogP contribution in [0.5, 0.6) is 5.75 Å². The molecule has 1 saturated heterocycles. The third-order valence-electron chi connectivity index (χ3n) is 3.41. The molecule has 2 rings (SSSR count). The molecular weight excluding hydrogens is 272 g/mol. The molecule has 6 nitrogen and oxygen atoms in total. The Kier molecular flexibility index (Phi) is 5.16. The predicted molar refractivity (Wildman–Crippen MR) is 78.4 cm³/mol. The Morgan fingerprint density at radius 1 is 1.29 bits per heavy atom. The molecule has 0 aliphatic carbocycles. The van der Waals surface area contributed by atoms with E-state index in [2.05, 4.69) is 0 Å². The predicted octanol–water partition coefficient (Wildman–Crippen LogP) is 0.907. The van der Waals surface area contributed by atoms with Crippen LogP contribution in [0.2, 0.25) is 0 Å². The highest BCUT2D eigenvalue weighted by atomic mass is 16.5. The normalized spacial score (nSPS) is 14.7. The molecule has 0 N–H and O–H groups in total. The summed E-state index contributed by atoms with van der Waals surface area (Å²) < 4.78 is 10.5. The first-order chi connectivity index (χ1) is 10.1. The molecule has 0 bridgehead atoms. The van der Waals surface area contributed by atoms with E-state index >= 15 is 0 Å². The lowest BCUT2D eigenvalue weighted by molar-refractivity contribution is -0.134. The quantitative estimate of drug-likeness (QED) is 0.827. The summed E-state index contributed by atoms with van der Waals surface area (Å²) in [6.07, 6.45) is 0. The second kappa shape index (κ2) is 7.08. The summed E-state index contributed by atoms with van der Waals surface area (Å²) in [4.78, 5) is 27.4. The number of carbonyl (C=O) groups is 2. The van der Waals surface area contributed by atoms with Gasteiger partial charge in [0.1, 0.15) is 12.3 Å². The fraction of sp³-hybridized carbons (Fsp3) is 0.467. The van der Waals surface area contributed by atoms with Crippen LogP contribution in [0.4, 0.5) is 5.69 Å². The van der Waals surface area contributed by atoms with Gasteiger partial charge in [0.2, 0.25) is 11.8 Å². The van der Waals surface area contributed by atoms with E-state index in [0.717, 1.165) is 0 Å². The third kappa shape index (κ3) is 3.72. The van der Waals surface area contributed by atoms with Gasteiger partial charge in [0.15, 0.2) is 0 Å². The van der Waals surface area contributed by atoms with Crippen LogP contribution in [0.15, 0.2) is 24.3 Å². The molecular formula is C15H20N2O4. The molecule has 0 radical (unpaired) electrons. The first-order valence-electron chi connectivity index (χ1n) is 6.90. The summed E-state index contributed by atoms with van der Waals surface area (Å²) in [5.41, 5.74) is 0.606. The van der Waals surface area contributed by atoms with Crippen LogP contribution in [-0.4, -0.2) is 56.7 Å². The van der Waals surface area contributed by atoms with E-state index in [1.807, 2.05) is 12.1 Å². The number of hydrogen-bond acceptors (Lipinski definition) is 4. The zero-order valence-electron chi connectivity index (χ0n) is 12.4. The molecule has 0 saturated carbocycles. The Bertz CT molecular complexity index is 512. The van der Waals surface area contributed by atoms with Crippen molar-refractivity contribution in [1.29, 1.82) is 0 Å². The van der Waals surface area contributed by atoms with Crippen molar-refractivity contribution >= 4 is 17.5 Å². The SMILES string of the molecule is COc1ccccc1N(CC(=O)N1CCOCC1)C(C)=O. The topological polar surface area (TPSA) is 59.1 Å². The van der Waals surface area contributed by atoms with Crippen LogP contribution in [0, 0.1) is 0 Å². The Morgan fingerprint density at radius 3 is 2.57 bits per heavy atom. The lowest BCUT2D eigenvalue weighted by Gasteiger charge is -2.30. The summed E-state index contributed by atoms with van der Waals surface area (Å²) in [5.74, 6) is 0.294. The van der Waals surface area contributed by atoms with Crippen LogP contribution in [0.25, 0.3) is 0 Å². The average molecular weight is 292 g/mol. The van der Waals surface area contributed by atoms with Gasteiger partial charge in [-0.05, 0) is 12.1 Å². The molecule has 0 atom stereocenters. The number of carbonyl (C=O) groups excluding carboxylic acids is 2. The van der Waals surface area contributed by atoms with Gasteiger partial charge in [-0.3, -0.25) is 14.5 Å². The zero-order chi connectivity index (χ0) is 15.2. The molecule has 1 aliphatic heterocycles. The highest BCUT2D eigenvalue weighted by Crippen LogP contribution is 2.27. The number of para-hydroxylation sites is 2. The smallest absolute Gasteiger partial charge is 0.242 e. The number of morpholine rings is 1. The molecule has 1 aromatic carbocycles. The first-order valence-corrected chi connectivity index (χ1v) is 6.90. The number of ether oxygens (including phenoxy) is 2. The van der Waals surface area contributed by atoms with Crippen molar-refractivity contribution in [2.24, 2.45) is 0 Å². The maximum Gasteiger partial charge on any atom is 0.242 e. The second-order valence-corrected chi connectivity index (χ2v) is 4.77. The van der Waals surface area contributed by atoms with Gasteiger partial charge in [0, 0.05) is 20.0 Å². The van der Waals surface area contributed by atoms with Crippen molar-refractivity contribution in [2.45, 2.75) is 6.92 Å². The first kappa shape index (κ1) is 15.3. The number of hydrogen-bond donors (Lipinski definition) is 0. The van der Waals surface area contributed by atoms with Crippen molar-refractivity contribution in [3.05, 3.63) is 24.3 Å². The minimum absolute atomic E-state index is 0.00963. The van der Waals surface area contributed by atoms with Gasteiger partial charge in [0.05, 0.1) is 26.0 Å². The second-order valence-electron chi connectivity index (χ2n) is 4.77. The number of methoxy groups -OCH3 is 1. The summed E-state index contributed by atoms with van der Waals surface area (Å²) in [6, 6.07) is 7.18. The molecule has 0 aromatic heterocycles. The van der Waals surface area contributed by atoms with Crippen molar-refractivity contribution in [1.82, 2.24) is 4.90 Å². The highest BCUT2D eigenvalue weighted by Gasteiger charge is 2.23. The van der Waals surface area contributed by atoms with E-state index in [1.165, 1.54) is 11.8 Å². The summed E-state index contributed by atoms with van der Waals surface area (Å²) in [7, 11) is 1.54. The molecule has 0 spiro atoms. The van der Waals surface area contributed by atoms with E-state index < -0.39 is 0 Å². The number of amides is 2. The maximum atomic E-state index is 12.3. The molecule has 1 heterocycles. The van der Waals surface area contributed by atoms with E-state index in [4.69, 9.17) is 9.47 Å². The van der Waals surface area contributed by atoms with Crippen molar-refractivity contribution in [3.63, 3.8) is 0 Å². The third-order valence-corrected chi connectivity index (χ3v) is 3.41. The summed E-state index contributed by atoms with van der Waals surface area (Å²) >= 11 is 0. The lowest BCUT2D eigenvalue weighted by atomic mass is 10.2. The van der Waals surface area contributed by atoms with E-state index in [1.54, 1.807) is 24.1 Å². The van der Waals surface area contributed by atoms with Gasteiger partial charge in [-0.2, -0.15) is 0 Å². The van der Waals surface area contributed by atoms with Crippen molar-refractivity contribution in [2.75, 3.05) is 44.9 Å². The van der Waals surface area contributed by atoms with E-state index in [-0.39, 0.29) is 18.4 Å². The van der Waals surface area contributed by atoms with Crippen molar-refractivity contribution in [3.8, 4) is 5.75 Å². The Hall–Kier alpha value is -2.08. The standard InChI is InChI=1S/C15H20N2O4/c1-12(18)17(13-5-3-4-6-14(13)20-2)11-15(19)16-7-9-21-10-8-16/h3-6H,7-11H2,1-2H3. The summed E-state index contributed by atoms with van der Waals surface area (Å²) in [5, 5.41) is 0. The Morgan fingerprint density at radius 2 is 1.95 bits per heavy atom. The van der Waals surface area contributed by atoms with E-state index in [0.29, 0.717) is 37.7 Å². The van der Waals surface area contributed by atoms with Crippen LogP contribution < -0.4 is 9.64 Å². The van der Waals surface area contributed by atoms with E-state index in [9.17, 15) is 9.59 Å². The molecule has 2 amide bonds. The monoisotopic (exact) mass is 292 g/mol. The Balaban J connectivity index is 2.15. The van der Waals surface area contributed by atoms with Gasteiger partial charge < -0.3 is 14.4 Å². The number of anilines is 1. The molecule has 0 unspecified atom stereocenters. The van der Waals surface area contributed by atoms with Gasteiger partial charge in [-0.1, -0.05) is 12.1 Å². The van der Waals surface area contributed by atoms with Crippen LogP contribution in [0.3, 0.4) is 0 Å². The minimum atomic E-state index is -0.193. The average Bonchev–Trinajstić information content (AvgIpc) is 2.53. The molecule has 114 valence electrons. The molecule has 1 fully saturated rings. The van der Waals surface area contributed by atoms with Crippen LogP contribution in [-0.2, 0) is 14.3 Å². The van der Waals surface area contributed by atoms with Crippen molar-refractivity contribution < 1.29 is 19.1 Å². The van der Waals surface area contributed by atoms with Gasteiger partial charge in [0.25, 0.3) is 0 Å². The number of benzene rings is 1. The molecule has 6 heteroatoms. The fourth-order valence-electron chi connectivity index (χ4n) is 2.27. The van der Waals surface area contributed by atoms with Crippen LogP contribution in [0.1, 0.15) is 6.92 Å². The van der Waals surface area contributed by atoms with Gasteiger partial charge in [-0.15, -0.1) is 0 Å². The highest BCUT2D eigenvalue weighted by molar-refractivity contribution is 5.98. The van der Waals surface area contributed by atoms with Gasteiger partial charge in [-0.25, -0.2) is 0 Å². The number of nitrogens with zero attached hydrogens (tertiary/aromatic N) is 2. The number of rotatable bonds is 4. The van der Waals surface area contributed by atoms with Gasteiger partial charge >= 0.3 is 0 Å². The molecule has 21 heavy (non-hydrogen) atoms. The Labute approximate surface area is 124 Å². The lowest BCUT2D eigenvalue weighted by Crippen LogP contribution is -2.46.